The van der Waals surface area contributed by atoms with E-state index in [0.29, 0.717) is 25.4 Å². The Kier molecular flexibility index (Phi) is 9.86. The number of aliphatic hydroxyl groups is 1. The maximum atomic E-state index is 12.2. The van der Waals surface area contributed by atoms with Crippen LogP contribution in [0, 0.1) is 23.2 Å². The number of amides is 1. The molecule has 0 radical (unpaired) electrons. The van der Waals surface area contributed by atoms with Gasteiger partial charge in [-0.15, -0.1) is 0 Å². The molecule has 7 heteroatoms. The number of aromatic nitrogens is 2. The fraction of sp³-hybridized carbons (Fsp3) is 0.600. The van der Waals surface area contributed by atoms with Gasteiger partial charge in [-0.1, -0.05) is 31.6 Å². The normalized spacial score (nSPS) is 16.2. The van der Waals surface area contributed by atoms with Crippen molar-refractivity contribution in [2.75, 3.05) is 13.1 Å². The molecule has 7 nitrogen and oxygen atoms in total. The Morgan fingerprint density at radius 2 is 2.22 bits per heavy atom. The van der Waals surface area contributed by atoms with Crippen molar-refractivity contribution in [2.24, 2.45) is 16.8 Å². The molecule has 1 aromatic rings. The summed E-state index contributed by atoms with van der Waals surface area (Å²) in [6.45, 7) is 9.05. The number of hydrogen-bond acceptors (Lipinski definition) is 5. The summed E-state index contributed by atoms with van der Waals surface area (Å²) in [5.41, 5.74) is 1.74. The van der Waals surface area contributed by atoms with Crippen molar-refractivity contribution in [3.8, 4) is 6.07 Å². The van der Waals surface area contributed by atoms with Crippen LogP contribution >= 0.6 is 0 Å². The van der Waals surface area contributed by atoms with E-state index in [4.69, 9.17) is 10.3 Å². The summed E-state index contributed by atoms with van der Waals surface area (Å²) in [6.07, 6.45) is 13.8. The quantitative estimate of drug-likeness (QED) is 0.352. The highest BCUT2D eigenvalue weighted by Gasteiger charge is 2.24. The molecular weight excluding hydrogens is 402 g/mol. The number of allylic oxidation sites excluding steroid dienone is 2. The van der Waals surface area contributed by atoms with Crippen LogP contribution in [0.25, 0.3) is 0 Å². The van der Waals surface area contributed by atoms with Crippen LogP contribution in [0.15, 0.2) is 35.0 Å². The first-order valence-corrected chi connectivity index (χ1v) is 11.5. The van der Waals surface area contributed by atoms with Gasteiger partial charge in [0.05, 0.1) is 12.1 Å². The van der Waals surface area contributed by atoms with Gasteiger partial charge in [0.25, 0.3) is 5.91 Å². The van der Waals surface area contributed by atoms with E-state index in [1.54, 1.807) is 0 Å². The average molecular weight is 440 g/mol. The van der Waals surface area contributed by atoms with Gasteiger partial charge >= 0.3 is 0 Å². The highest BCUT2D eigenvalue weighted by molar-refractivity contribution is 5.97. The van der Waals surface area contributed by atoms with Crippen LogP contribution in [0.4, 0.5) is 0 Å². The zero-order valence-corrected chi connectivity index (χ0v) is 19.8. The zero-order chi connectivity index (χ0) is 23.6. The Balaban J connectivity index is 2.11. The number of aromatic amines is 1. The van der Waals surface area contributed by atoms with Crippen LogP contribution in [0.3, 0.4) is 0 Å². The predicted octanol–water partition coefficient (Wildman–Crippen LogP) is 4.33. The summed E-state index contributed by atoms with van der Waals surface area (Å²) in [5, 5.41) is 22.1. The zero-order valence-electron chi connectivity index (χ0n) is 19.8. The maximum Gasteiger partial charge on any atom is 0.287 e. The lowest BCUT2D eigenvalue weighted by Crippen LogP contribution is -2.29. The van der Waals surface area contributed by atoms with E-state index in [9.17, 15) is 9.90 Å². The Morgan fingerprint density at radius 1 is 1.44 bits per heavy atom. The van der Waals surface area contributed by atoms with Crippen LogP contribution in [-0.2, 0) is 0 Å². The second-order valence-corrected chi connectivity index (χ2v) is 9.55. The SMILES string of the molecule is CC(C)CC(CC(C)(C)O)C(/C=C\CNC(=O)c1nc(C#N)c[nH]1)=N/CC1=CCCCC1. The van der Waals surface area contributed by atoms with E-state index in [2.05, 4.69) is 35.2 Å². The molecule has 1 atom stereocenters. The first kappa shape index (κ1) is 25.5. The lowest BCUT2D eigenvalue weighted by Gasteiger charge is -2.27. The number of hydrogen-bond donors (Lipinski definition) is 3. The van der Waals surface area contributed by atoms with Crippen LogP contribution in [0.2, 0.25) is 0 Å². The number of rotatable bonds is 11. The molecule has 0 spiro atoms. The van der Waals surface area contributed by atoms with Gasteiger partial charge in [0.2, 0.25) is 0 Å². The number of H-pyrrole nitrogens is 1. The van der Waals surface area contributed by atoms with Crippen LogP contribution in [0.5, 0.6) is 0 Å². The van der Waals surface area contributed by atoms with Crippen molar-refractivity contribution < 1.29 is 9.90 Å². The summed E-state index contributed by atoms with van der Waals surface area (Å²) in [7, 11) is 0. The minimum atomic E-state index is -0.787. The van der Waals surface area contributed by atoms with Crippen molar-refractivity contribution >= 4 is 11.6 Å². The first-order valence-electron chi connectivity index (χ1n) is 11.5. The number of imidazole rings is 1. The number of carbonyl (C=O) groups is 1. The number of nitriles is 1. The molecule has 1 aliphatic rings. The lowest BCUT2D eigenvalue weighted by atomic mass is 9.83. The monoisotopic (exact) mass is 439 g/mol. The van der Waals surface area contributed by atoms with E-state index in [0.717, 1.165) is 25.0 Å². The molecule has 3 N–H and O–H groups in total. The fourth-order valence-corrected chi connectivity index (χ4v) is 3.95. The van der Waals surface area contributed by atoms with Crippen LogP contribution < -0.4 is 5.32 Å². The second-order valence-electron chi connectivity index (χ2n) is 9.55. The van der Waals surface area contributed by atoms with Gasteiger partial charge in [-0.2, -0.15) is 5.26 Å². The molecule has 2 rings (SSSR count). The maximum absolute atomic E-state index is 12.2. The molecule has 1 amide bonds. The summed E-state index contributed by atoms with van der Waals surface area (Å²) in [5.74, 6) is 0.363. The molecule has 0 aromatic carbocycles. The van der Waals surface area contributed by atoms with Gasteiger partial charge in [-0.3, -0.25) is 9.79 Å². The molecule has 0 aliphatic heterocycles. The van der Waals surface area contributed by atoms with Crippen LogP contribution in [-0.4, -0.2) is 45.4 Å². The third-order valence-corrected chi connectivity index (χ3v) is 5.35. The summed E-state index contributed by atoms with van der Waals surface area (Å²) >= 11 is 0. The third kappa shape index (κ3) is 9.19. The van der Waals surface area contributed by atoms with E-state index < -0.39 is 5.60 Å². The number of nitrogens with one attached hydrogen (secondary N) is 2. The Hall–Kier alpha value is -2.72. The van der Waals surface area contributed by atoms with Gasteiger partial charge in [0.1, 0.15) is 6.07 Å². The molecule has 0 saturated carbocycles. The number of nitrogens with zero attached hydrogens (tertiary/aromatic N) is 3. The second kappa shape index (κ2) is 12.4. The minimum Gasteiger partial charge on any atom is -0.390 e. The molecule has 174 valence electrons. The third-order valence-electron chi connectivity index (χ3n) is 5.35. The summed E-state index contributed by atoms with van der Waals surface area (Å²) in [6, 6.07) is 1.89. The molecule has 1 unspecified atom stereocenters. The Morgan fingerprint density at radius 3 is 2.81 bits per heavy atom. The fourth-order valence-electron chi connectivity index (χ4n) is 3.95. The molecule has 1 aromatic heterocycles. The molecule has 1 heterocycles. The number of carbonyl (C=O) groups excluding carboxylic acids is 1. The van der Waals surface area contributed by atoms with Crippen molar-refractivity contribution in [1.29, 1.82) is 5.26 Å². The van der Waals surface area contributed by atoms with Gasteiger partial charge < -0.3 is 15.4 Å². The molecule has 0 fully saturated rings. The minimum absolute atomic E-state index is 0.118. The van der Waals surface area contributed by atoms with Gasteiger partial charge in [-0.05, 0) is 64.4 Å². The van der Waals surface area contributed by atoms with Crippen molar-refractivity contribution in [1.82, 2.24) is 15.3 Å². The molecule has 32 heavy (non-hydrogen) atoms. The van der Waals surface area contributed by atoms with Gasteiger partial charge in [0, 0.05) is 24.4 Å². The van der Waals surface area contributed by atoms with Crippen molar-refractivity contribution in [3.05, 3.63) is 41.5 Å². The summed E-state index contributed by atoms with van der Waals surface area (Å²) in [4.78, 5) is 23.8. The topological polar surface area (TPSA) is 114 Å². The Labute approximate surface area is 191 Å². The molecule has 0 bridgehead atoms. The van der Waals surface area contributed by atoms with Crippen LogP contribution in [0.1, 0.15) is 82.5 Å². The van der Waals surface area contributed by atoms with E-state index in [-0.39, 0.29) is 23.3 Å². The van der Waals surface area contributed by atoms with Gasteiger partial charge in [-0.25, -0.2) is 4.98 Å². The van der Waals surface area contributed by atoms with Gasteiger partial charge in [0.15, 0.2) is 11.5 Å². The average Bonchev–Trinajstić information content (AvgIpc) is 3.21. The lowest BCUT2D eigenvalue weighted by molar-refractivity contribution is 0.0590. The van der Waals surface area contributed by atoms with Crippen molar-refractivity contribution in [3.63, 3.8) is 0 Å². The number of aliphatic imine (C=N–C) groups is 1. The van der Waals surface area contributed by atoms with E-state index >= 15 is 0 Å². The Bertz CT molecular complexity index is 881. The largest absolute Gasteiger partial charge is 0.390 e. The smallest absolute Gasteiger partial charge is 0.287 e. The van der Waals surface area contributed by atoms with E-state index in [1.807, 2.05) is 32.1 Å². The standard InChI is InChI=1S/C25H37N5O2/c1-18(2)13-20(14-25(3,4)32)22(28-16-19-9-6-5-7-10-19)11-8-12-27-24(31)23-29-17-21(15-26)30-23/h8-9,11,17-18,20,32H,5-7,10,12-14,16H2,1-4H3,(H,27,31)(H,29,30)/b11-8-,28-22+. The highest BCUT2D eigenvalue weighted by atomic mass is 16.3. The van der Waals surface area contributed by atoms with E-state index in [1.165, 1.54) is 24.6 Å². The highest BCUT2D eigenvalue weighted by Crippen LogP contribution is 2.25. The molecule has 0 saturated heterocycles. The molecular formula is C25H37N5O2. The summed E-state index contributed by atoms with van der Waals surface area (Å²) < 4.78 is 0. The predicted molar refractivity (Wildman–Crippen MR) is 127 cm³/mol. The first-order chi connectivity index (χ1) is 15.2. The molecule has 1 aliphatic carbocycles. The van der Waals surface area contributed by atoms with Crippen molar-refractivity contribution in [2.45, 2.75) is 71.8 Å².